The second kappa shape index (κ2) is 8.39. The fourth-order valence-electron chi connectivity index (χ4n) is 1.41. The summed E-state index contributed by atoms with van der Waals surface area (Å²) in [5.41, 5.74) is -0.639. The molecule has 0 bridgehead atoms. The van der Waals surface area contributed by atoms with Crippen LogP contribution in [0.25, 0.3) is 0 Å². The van der Waals surface area contributed by atoms with Crippen LogP contribution in [0.2, 0.25) is 0 Å². The molecule has 0 atom stereocenters. The molecule has 0 spiro atoms. The third-order valence-electron chi connectivity index (χ3n) is 2.27. The second-order valence-electron chi connectivity index (χ2n) is 5.48. The molecule has 0 aromatic carbocycles. The zero-order chi connectivity index (χ0) is 15.8. The van der Waals surface area contributed by atoms with E-state index in [4.69, 9.17) is 9.84 Å². The highest BCUT2D eigenvalue weighted by Gasteiger charge is 2.23. The van der Waals surface area contributed by atoms with Crippen molar-refractivity contribution < 1.29 is 24.2 Å². The summed E-state index contributed by atoms with van der Waals surface area (Å²) >= 11 is 0. The van der Waals surface area contributed by atoms with Crippen molar-refractivity contribution in [1.29, 1.82) is 0 Å². The van der Waals surface area contributed by atoms with E-state index in [1.807, 2.05) is 6.92 Å². The van der Waals surface area contributed by atoms with Crippen molar-refractivity contribution in [3.63, 3.8) is 0 Å². The van der Waals surface area contributed by atoms with Gasteiger partial charge in [0.25, 0.3) is 0 Å². The molecular formula is C13H24N2O5. The zero-order valence-electron chi connectivity index (χ0n) is 12.6. The summed E-state index contributed by atoms with van der Waals surface area (Å²) in [6.45, 7) is 7.09. The van der Waals surface area contributed by atoms with Gasteiger partial charge in [-0.2, -0.15) is 0 Å². The topological polar surface area (TPSA) is 87.2 Å². The van der Waals surface area contributed by atoms with Gasteiger partial charge in [-0.05, 0) is 27.2 Å². The van der Waals surface area contributed by atoms with E-state index < -0.39 is 24.2 Å². The lowest BCUT2D eigenvalue weighted by atomic mass is 10.2. The molecule has 116 valence electrons. The lowest BCUT2D eigenvalue weighted by Crippen LogP contribution is -2.45. The van der Waals surface area contributed by atoms with Crippen molar-refractivity contribution in [3.8, 4) is 0 Å². The SMILES string of the molecule is CCCCN(CN(C=O)CC(=O)O)C(=O)OC(C)(C)C. The first-order valence-corrected chi connectivity index (χ1v) is 6.58. The van der Waals surface area contributed by atoms with Gasteiger partial charge >= 0.3 is 12.1 Å². The van der Waals surface area contributed by atoms with Gasteiger partial charge in [-0.25, -0.2) is 4.79 Å². The summed E-state index contributed by atoms with van der Waals surface area (Å²) in [5.74, 6) is -1.13. The Labute approximate surface area is 119 Å². The van der Waals surface area contributed by atoms with E-state index in [1.165, 1.54) is 4.90 Å². The van der Waals surface area contributed by atoms with Crippen LogP contribution in [0.5, 0.6) is 0 Å². The van der Waals surface area contributed by atoms with Crippen molar-refractivity contribution in [3.05, 3.63) is 0 Å². The van der Waals surface area contributed by atoms with Gasteiger partial charge in [0.05, 0.1) is 6.67 Å². The normalized spacial score (nSPS) is 10.8. The molecule has 1 N–H and O–H groups in total. The molecule has 0 heterocycles. The lowest BCUT2D eigenvalue weighted by Gasteiger charge is -2.30. The first-order chi connectivity index (χ1) is 9.19. The maximum Gasteiger partial charge on any atom is 0.411 e. The van der Waals surface area contributed by atoms with Crippen molar-refractivity contribution in [2.24, 2.45) is 0 Å². The van der Waals surface area contributed by atoms with Crippen LogP contribution >= 0.6 is 0 Å². The minimum Gasteiger partial charge on any atom is -0.480 e. The Hall–Kier alpha value is -1.79. The number of carbonyl (C=O) groups is 3. The van der Waals surface area contributed by atoms with Crippen LogP contribution in [0.4, 0.5) is 4.79 Å². The minimum atomic E-state index is -1.13. The Morgan fingerprint density at radius 2 is 1.90 bits per heavy atom. The molecule has 0 aliphatic carbocycles. The van der Waals surface area contributed by atoms with Gasteiger partial charge in [0.1, 0.15) is 12.1 Å². The molecule has 0 unspecified atom stereocenters. The highest BCUT2D eigenvalue weighted by atomic mass is 16.6. The molecule has 0 aliphatic rings. The fourth-order valence-corrected chi connectivity index (χ4v) is 1.41. The number of rotatable bonds is 8. The summed E-state index contributed by atoms with van der Waals surface area (Å²) in [4.78, 5) is 35.8. The van der Waals surface area contributed by atoms with Crippen LogP contribution in [0.15, 0.2) is 0 Å². The minimum absolute atomic E-state index is 0.0925. The van der Waals surface area contributed by atoms with Gasteiger partial charge in [0.15, 0.2) is 0 Å². The number of carboxylic acid groups (broad SMARTS) is 1. The number of aliphatic carboxylic acids is 1. The Bertz CT molecular complexity index is 338. The average molecular weight is 288 g/mol. The maximum absolute atomic E-state index is 12.0. The van der Waals surface area contributed by atoms with Crippen molar-refractivity contribution in [2.75, 3.05) is 19.8 Å². The third kappa shape index (κ3) is 8.34. The third-order valence-corrected chi connectivity index (χ3v) is 2.27. The molecule has 20 heavy (non-hydrogen) atoms. The van der Waals surface area contributed by atoms with Gasteiger partial charge < -0.3 is 14.7 Å². The van der Waals surface area contributed by atoms with E-state index in [2.05, 4.69) is 0 Å². The first kappa shape index (κ1) is 18.2. The number of carbonyl (C=O) groups excluding carboxylic acids is 2. The average Bonchev–Trinajstić information content (AvgIpc) is 2.30. The Morgan fingerprint density at radius 3 is 2.30 bits per heavy atom. The number of hydrogen-bond donors (Lipinski definition) is 1. The molecular weight excluding hydrogens is 264 g/mol. The summed E-state index contributed by atoms with van der Waals surface area (Å²) in [6.07, 6.45) is 1.48. The molecule has 7 nitrogen and oxygen atoms in total. The number of nitrogens with zero attached hydrogens (tertiary/aromatic N) is 2. The smallest absolute Gasteiger partial charge is 0.411 e. The van der Waals surface area contributed by atoms with Crippen molar-refractivity contribution in [1.82, 2.24) is 9.80 Å². The molecule has 0 saturated carbocycles. The van der Waals surface area contributed by atoms with Crippen molar-refractivity contribution >= 4 is 18.5 Å². The van der Waals surface area contributed by atoms with E-state index in [1.54, 1.807) is 20.8 Å². The highest BCUT2D eigenvalue weighted by Crippen LogP contribution is 2.11. The molecule has 0 fully saturated rings. The van der Waals surface area contributed by atoms with E-state index in [9.17, 15) is 14.4 Å². The van der Waals surface area contributed by atoms with Crippen LogP contribution in [0, 0.1) is 0 Å². The van der Waals surface area contributed by atoms with Gasteiger partial charge in [-0.3, -0.25) is 14.5 Å². The quantitative estimate of drug-likeness (QED) is 0.540. The molecule has 0 aromatic heterocycles. The van der Waals surface area contributed by atoms with E-state index in [0.29, 0.717) is 13.0 Å². The Balaban J connectivity index is 4.72. The van der Waals surface area contributed by atoms with Crippen molar-refractivity contribution in [2.45, 2.75) is 46.1 Å². The van der Waals surface area contributed by atoms with E-state index >= 15 is 0 Å². The standard InChI is InChI=1S/C13H24N2O5/c1-5-6-7-15(12(19)20-13(2,3)4)9-14(10-16)8-11(17)18/h10H,5-9H2,1-4H3,(H,17,18). The maximum atomic E-state index is 12.0. The van der Waals surface area contributed by atoms with Crippen LogP contribution in [0.3, 0.4) is 0 Å². The van der Waals surface area contributed by atoms with Crippen LogP contribution < -0.4 is 0 Å². The number of unbranched alkanes of at least 4 members (excludes halogenated alkanes) is 1. The number of ether oxygens (including phenoxy) is 1. The molecule has 0 saturated heterocycles. The highest BCUT2D eigenvalue weighted by molar-refractivity contribution is 5.72. The molecule has 0 aliphatic heterocycles. The monoisotopic (exact) mass is 288 g/mol. The Morgan fingerprint density at radius 1 is 1.30 bits per heavy atom. The van der Waals surface area contributed by atoms with Gasteiger partial charge in [-0.15, -0.1) is 0 Å². The molecule has 7 heteroatoms. The molecule has 0 aromatic rings. The Kier molecular flexibility index (Phi) is 7.64. The molecule has 0 rings (SSSR count). The summed E-state index contributed by atoms with van der Waals surface area (Å²) < 4.78 is 5.24. The largest absolute Gasteiger partial charge is 0.480 e. The van der Waals surface area contributed by atoms with Crippen LogP contribution in [-0.2, 0) is 14.3 Å². The summed E-state index contributed by atoms with van der Waals surface area (Å²) in [5, 5.41) is 8.69. The number of hydrogen-bond acceptors (Lipinski definition) is 4. The van der Waals surface area contributed by atoms with Gasteiger partial charge in [-0.1, -0.05) is 13.3 Å². The van der Waals surface area contributed by atoms with E-state index in [-0.39, 0.29) is 6.67 Å². The first-order valence-electron chi connectivity index (χ1n) is 6.58. The van der Waals surface area contributed by atoms with Gasteiger partial charge in [0, 0.05) is 6.54 Å². The predicted octanol–water partition coefficient (Wildman–Crippen LogP) is 1.52. The molecule has 2 amide bonds. The van der Waals surface area contributed by atoms with Gasteiger partial charge in [0.2, 0.25) is 6.41 Å². The van der Waals surface area contributed by atoms with Crippen LogP contribution in [0.1, 0.15) is 40.5 Å². The fraction of sp³-hybridized carbons (Fsp3) is 0.769. The summed E-state index contributed by atoms with van der Waals surface area (Å²) in [7, 11) is 0. The molecule has 0 radical (unpaired) electrons. The second-order valence-corrected chi connectivity index (χ2v) is 5.48. The van der Waals surface area contributed by atoms with E-state index in [0.717, 1.165) is 17.7 Å². The zero-order valence-corrected chi connectivity index (χ0v) is 12.6. The van der Waals surface area contributed by atoms with Crippen LogP contribution in [-0.4, -0.2) is 58.7 Å². The predicted molar refractivity (Wildman–Crippen MR) is 73.1 cm³/mol. The lowest BCUT2D eigenvalue weighted by molar-refractivity contribution is -0.141. The summed E-state index contributed by atoms with van der Waals surface area (Å²) in [6, 6.07) is 0. The number of carboxylic acids is 1. The number of amides is 2.